The molecule has 0 rings (SSSR count). The van der Waals surface area contributed by atoms with Crippen LogP contribution in [-0.4, -0.2) is 73.6 Å². The van der Waals surface area contributed by atoms with Crippen LogP contribution >= 0.6 is 31.3 Å². The van der Waals surface area contributed by atoms with E-state index in [4.69, 9.17) is 13.6 Å². The monoisotopic (exact) mass is 1170 g/mol. The van der Waals surface area contributed by atoms with E-state index in [9.17, 15) is 13.0 Å². The zero-order chi connectivity index (χ0) is 56.1. The van der Waals surface area contributed by atoms with Gasteiger partial charge in [-0.15, -0.1) is 0 Å². The zero-order valence-electron chi connectivity index (χ0n) is 52.0. The summed E-state index contributed by atoms with van der Waals surface area (Å²) < 4.78 is 57.2. The smallest absolute Gasteiger partial charge is 0.315 e. The van der Waals surface area contributed by atoms with Crippen LogP contribution in [0.3, 0.4) is 0 Å². The molecule has 0 spiro atoms. The highest BCUT2D eigenvalue weighted by Gasteiger charge is 2.24. The van der Waals surface area contributed by atoms with E-state index in [0.29, 0.717) is 39.3 Å². The van der Waals surface area contributed by atoms with Crippen LogP contribution in [-0.2, 0) is 23.7 Å². The number of hydrogen-bond donors (Lipinski definition) is 3. The molecule has 0 aromatic carbocycles. The van der Waals surface area contributed by atoms with Gasteiger partial charge in [0, 0.05) is 23.6 Å². The highest BCUT2D eigenvalue weighted by molar-refractivity contribution is 8.00. The van der Waals surface area contributed by atoms with Gasteiger partial charge >= 0.3 is 7.75 Å². The highest BCUT2D eigenvalue weighted by Crippen LogP contribution is 2.44. The normalized spacial score (nSPS) is 13.7. The molecule has 0 aromatic rings. The lowest BCUT2D eigenvalue weighted by molar-refractivity contribution is 0.189. The Balaban J connectivity index is 4.72. The van der Waals surface area contributed by atoms with Crippen molar-refractivity contribution in [3.05, 3.63) is 0 Å². The number of rotatable bonds is 68. The Morgan fingerprint density at radius 3 is 0.935 bits per heavy atom. The van der Waals surface area contributed by atoms with Crippen molar-refractivity contribution in [1.29, 1.82) is 0 Å². The van der Waals surface area contributed by atoms with Crippen molar-refractivity contribution in [3.8, 4) is 0 Å². The molecular formula is C65H135N2O6PS3. The molecule has 77 heavy (non-hydrogen) atoms. The second-order valence-electron chi connectivity index (χ2n) is 23.5. The van der Waals surface area contributed by atoms with E-state index in [1.54, 1.807) is 0 Å². The summed E-state index contributed by atoms with van der Waals surface area (Å²) in [4.78, 5) is 0. The molecule has 0 saturated heterocycles. The van der Waals surface area contributed by atoms with Gasteiger partial charge in [-0.2, -0.15) is 31.9 Å². The third-order valence-corrected chi connectivity index (χ3v) is 21.1. The molecule has 0 bridgehead atoms. The summed E-state index contributed by atoms with van der Waals surface area (Å²) in [5, 5.41) is 7.89. The Labute approximate surface area is 491 Å². The van der Waals surface area contributed by atoms with Crippen LogP contribution in [0.4, 0.5) is 0 Å². The summed E-state index contributed by atoms with van der Waals surface area (Å²) in [5.74, 6) is 2.41. The van der Waals surface area contributed by atoms with E-state index in [1.807, 2.05) is 0 Å². The lowest BCUT2D eigenvalue weighted by atomic mass is 10.0. The number of nitrogens with one attached hydrogen (secondary N) is 2. The van der Waals surface area contributed by atoms with Gasteiger partial charge in [0.25, 0.3) is 10.1 Å². The Morgan fingerprint density at radius 1 is 0.364 bits per heavy atom. The molecule has 0 saturated carbocycles. The Hall–Kier alpha value is 0.680. The number of thioether (sulfide) groups is 2. The molecule has 0 aliphatic rings. The van der Waals surface area contributed by atoms with Crippen LogP contribution in [0.2, 0.25) is 0 Å². The molecule has 0 radical (unpaired) electrons. The lowest BCUT2D eigenvalue weighted by Gasteiger charge is -2.20. The van der Waals surface area contributed by atoms with Crippen molar-refractivity contribution >= 4 is 41.4 Å². The van der Waals surface area contributed by atoms with Gasteiger partial charge in [-0.1, -0.05) is 297 Å². The third kappa shape index (κ3) is 62.6. The van der Waals surface area contributed by atoms with Crippen molar-refractivity contribution in [2.75, 3.05) is 50.1 Å². The summed E-state index contributed by atoms with van der Waals surface area (Å²) in [6, 6.07) is 0. The molecule has 0 fully saturated rings. The Kier molecular flexibility index (Phi) is 63.3. The van der Waals surface area contributed by atoms with E-state index in [1.165, 1.54) is 307 Å². The summed E-state index contributed by atoms with van der Waals surface area (Å²) >= 11 is 4.57. The molecule has 12 heteroatoms. The van der Waals surface area contributed by atoms with Gasteiger partial charge in [-0.05, 0) is 75.8 Å². The van der Waals surface area contributed by atoms with Crippen molar-refractivity contribution in [3.63, 3.8) is 0 Å². The SMILES string of the molecule is CCCCCCCCCCCCSC(CCCCCCCCC)CCCCCCCCOP(=O)(NCCNCCCS(=O)(=O)O)OCCCCCCCCC(CCCCCCCCC)SCCCCCCCCCCCC. The van der Waals surface area contributed by atoms with Crippen LogP contribution in [0.5, 0.6) is 0 Å². The van der Waals surface area contributed by atoms with Crippen molar-refractivity contribution in [2.45, 2.75) is 366 Å². The second kappa shape index (κ2) is 62.7. The maximum atomic E-state index is 13.9. The highest BCUT2D eigenvalue weighted by atomic mass is 32.2. The van der Waals surface area contributed by atoms with Gasteiger partial charge in [0.05, 0.1) is 19.0 Å². The topological polar surface area (TPSA) is 114 Å². The van der Waals surface area contributed by atoms with Crippen LogP contribution in [0.15, 0.2) is 0 Å². The lowest BCUT2D eigenvalue weighted by Crippen LogP contribution is -2.28. The van der Waals surface area contributed by atoms with Gasteiger partial charge in [-0.25, -0.2) is 9.65 Å². The van der Waals surface area contributed by atoms with Crippen LogP contribution < -0.4 is 10.4 Å². The maximum absolute atomic E-state index is 13.9. The summed E-state index contributed by atoms with van der Waals surface area (Å²) in [6.07, 6.45) is 67.6. The molecule has 0 aliphatic heterocycles. The fourth-order valence-corrected chi connectivity index (χ4v) is 15.2. The fourth-order valence-electron chi connectivity index (χ4n) is 10.6. The number of unbranched alkanes of at least 4 members (excludes halogenated alkanes) is 40. The standard InChI is InChI=1S/C65H135N2O6PS3/c1-5-9-13-17-21-23-25-33-41-49-61-75-64(52-43-35-27-19-15-11-7-3)54-45-37-29-31-39-47-59-72-74(68,67-58-57-66-56-51-63-77(69,70)71)73-60-48-40-32-30-38-46-55-65(53-44-36-28-20-16-12-8-4)76-62-50-42-34-26-24-22-18-14-10-6-2/h64-66H,5-63H2,1-4H3,(H,67,68)(H,69,70,71). The van der Waals surface area contributed by atoms with E-state index >= 15 is 0 Å². The summed E-state index contributed by atoms with van der Waals surface area (Å²) in [6.45, 7) is 11.4. The summed E-state index contributed by atoms with van der Waals surface area (Å²) in [7, 11) is -7.44. The largest absolute Gasteiger partial charge is 0.405 e. The van der Waals surface area contributed by atoms with Crippen molar-refractivity contribution in [2.24, 2.45) is 0 Å². The summed E-state index contributed by atoms with van der Waals surface area (Å²) in [5.41, 5.74) is 0. The Morgan fingerprint density at radius 2 is 0.636 bits per heavy atom. The molecule has 2 atom stereocenters. The molecule has 464 valence electrons. The quantitative estimate of drug-likeness (QED) is 0.0309. The predicted octanol–water partition coefficient (Wildman–Crippen LogP) is 22.4. The van der Waals surface area contributed by atoms with E-state index in [0.717, 1.165) is 36.2 Å². The molecule has 3 N–H and O–H groups in total. The molecule has 2 unspecified atom stereocenters. The minimum atomic E-state index is -3.97. The zero-order valence-corrected chi connectivity index (χ0v) is 55.4. The first kappa shape index (κ1) is 77.7. The van der Waals surface area contributed by atoms with E-state index < -0.39 is 17.9 Å². The molecule has 0 heterocycles. The number of hydrogen-bond acceptors (Lipinski definition) is 8. The van der Waals surface area contributed by atoms with Crippen LogP contribution in [0, 0.1) is 0 Å². The van der Waals surface area contributed by atoms with Crippen molar-refractivity contribution < 1.29 is 26.6 Å². The van der Waals surface area contributed by atoms with E-state index in [-0.39, 0.29) is 5.75 Å². The van der Waals surface area contributed by atoms with Crippen LogP contribution in [0.1, 0.15) is 355 Å². The van der Waals surface area contributed by atoms with E-state index in [2.05, 4.69) is 61.6 Å². The van der Waals surface area contributed by atoms with Gasteiger partial charge in [-0.3, -0.25) is 13.6 Å². The molecule has 8 nitrogen and oxygen atoms in total. The Bertz CT molecular complexity index is 1230. The first-order valence-electron chi connectivity index (χ1n) is 34.2. The minimum absolute atomic E-state index is 0.269. The van der Waals surface area contributed by atoms with Crippen LogP contribution in [0.25, 0.3) is 0 Å². The van der Waals surface area contributed by atoms with Gasteiger partial charge in [0.2, 0.25) is 0 Å². The predicted molar refractivity (Wildman–Crippen MR) is 347 cm³/mol. The average Bonchev–Trinajstić information content (AvgIpc) is 3.41. The van der Waals surface area contributed by atoms with Gasteiger partial charge in [0.15, 0.2) is 0 Å². The maximum Gasteiger partial charge on any atom is 0.405 e. The molecule has 0 amide bonds. The first-order valence-corrected chi connectivity index (χ1v) is 39.5. The fraction of sp³-hybridized carbons (Fsp3) is 1.00. The average molecular weight is 1170 g/mol. The van der Waals surface area contributed by atoms with Gasteiger partial charge < -0.3 is 5.32 Å². The second-order valence-corrected chi connectivity index (χ2v) is 29.7. The molecule has 0 aromatic heterocycles. The first-order chi connectivity index (χ1) is 37.7. The van der Waals surface area contributed by atoms with Crippen molar-refractivity contribution in [1.82, 2.24) is 10.4 Å². The van der Waals surface area contributed by atoms with Gasteiger partial charge in [0.1, 0.15) is 0 Å². The third-order valence-electron chi connectivity index (χ3n) is 15.7. The minimum Gasteiger partial charge on any atom is -0.315 e. The molecule has 0 aliphatic carbocycles. The molecular weight excluding hydrogens is 1030 g/mol.